The lowest BCUT2D eigenvalue weighted by atomic mass is 9.91. The molecule has 0 heterocycles. The first-order chi connectivity index (χ1) is 17.3. The van der Waals surface area contributed by atoms with Crippen LogP contribution in [0.3, 0.4) is 0 Å². The zero-order chi connectivity index (χ0) is 27.6. The van der Waals surface area contributed by atoms with Crippen LogP contribution in [0.2, 0.25) is 0 Å². The predicted octanol–water partition coefficient (Wildman–Crippen LogP) is 5.11. The second kappa shape index (κ2) is 13.4. The average Bonchev–Trinajstić information content (AvgIpc) is 2.80. The molecule has 0 saturated carbocycles. The number of rotatable bonds is 11. The molecule has 0 unspecified atom stereocenters. The van der Waals surface area contributed by atoms with Crippen molar-refractivity contribution in [1.82, 2.24) is 5.32 Å². The van der Waals surface area contributed by atoms with Crippen molar-refractivity contribution >= 4 is 17.8 Å². The van der Waals surface area contributed by atoms with Crippen molar-refractivity contribution in [2.24, 2.45) is 5.92 Å². The molecule has 0 saturated heterocycles. The van der Waals surface area contributed by atoms with Crippen LogP contribution < -0.4 is 5.32 Å². The molecule has 0 bridgehead atoms. The molecule has 0 radical (unpaired) electrons. The van der Waals surface area contributed by atoms with Gasteiger partial charge in [0.25, 0.3) is 0 Å². The third kappa shape index (κ3) is 11.2. The van der Waals surface area contributed by atoms with Crippen molar-refractivity contribution in [3.8, 4) is 11.1 Å². The summed E-state index contributed by atoms with van der Waals surface area (Å²) < 4.78 is 16.2. The molecule has 0 spiro atoms. The number of benzene rings is 2. The summed E-state index contributed by atoms with van der Waals surface area (Å²) in [5, 5.41) is 2.83. The van der Waals surface area contributed by atoms with Gasteiger partial charge in [-0.1, -0.05) is 54.6 Å². The quantitative estimate of drug-likeness (QED) is 0.422. The van der Waals surface area contributed by atoms with E-state index in [9.17, 15) is 14.4 Å². The largest absolute Gasteiger partial charge is 0.460 e. The van der Waals surface area contributed by atoms with E-state index < -0.39 is 29.2 Å². The molecule has 202 valence electrons. The lowest BCUT2D eigenvalue weighted by Crippen LogP contribution is -2.39. The van der Waals surface area contributed by atoms with Crippen LogP contribution in [0.5, 0.6) is 0 Å². The van der Waals surface area contributed by atoms with Crippen molar-refractivity contribution in [2.45, 2.75) is 78.1 Å². The van der Waals surface area contributed by atoms with Gasteiger partial charge in [-0.3, -0.25) is 9.59 Å². The molecule has 37 heavy (non-hydrogen) atoms. The first-order valence-corrected chi connectivity index (χ1v) is 12.7. The third-order valence-corrected chi connectivity index (χ3v) is 5.42. The summed E-state index contributed by atoms with van der Waals surface area (Å²) in [6.45, 7) is 10.9. The van der Waals surface area contributed by atoms with Crippen molar-refractivity contribution in [1.29, 1.82) is 0 Å². The molecule has 2 rings (SSSR count). The van der Waals surface area contributed by atoms with E-state index >= 15 is 0 Å². The Morgan fingerprint density at radius 1 is 0.811 bits per heavy atom. The highest BCUT2D eigenvalue weighted by atomic mass is 16.6. The maximum absolute atomic E-state index is 13.2. The van der Waals surface area contributed by atoms with Gasteiger partial charge in [-0.15, -0.1) is 0 Å². The van der Waals surface area contributed by atoms with Crippen LogP contribution in [0.15, 0.2) is 54.6 Å². The predicted molar refractivity (Wildman–Crippen MR) is 144 cm³/mol. The Morgan fingerprint density at radius 2 is 1.38 bits per heavy atom. The zero-order valence-electron chi connectivity index (χ0n) is 23.1. The van der Waals surface area contributed by atoms with Crippen LogP contribution in [0.1, 0.15) is 59.9 Å². The molecule has 0 aliphatic rings. The molecular formula is C30H41NO6. The first kappa shape index (κ1) is 30.0. The molecule has 0 aromatic heterocycles. The van der Waals surface area contributed by atoms with E-state index in [-0.39, 0.29) is 31.3 Å². The van der Waals surface area contributed by atoms with Crippen molar-refractivity contribution in [3.05, 3.63) is 60.2 Å². The minimum atomic E-state index is -0.899. The minimum Gasteiger partial charge on any atom is -0.460 e. The van der Waals surface area contributed by atoms with Gasteiger partial charge in [0.15, 0.2) is 6.10 Å². The van der Waals surface area contributed by atoms with Crippen LogP contribution in [0, 0.1) is 5.92 Å². The van der Waals surface area contributed by atoms with E-state index in [0.717, 1.165) is 16.7 Å². The molecule has 2 atom stereocenters. The highest BCUT2D eigenvalue weighted by Gasteiger charge is 2.31. The van der Waals surface area contributed by atoms with E-state index in [1.54, 1.807) is 41.5 Å². The van der Waals surface area contributed by atoms with Gasteiger partial charge in [-0.05, 0) is 71.1 Å². The van der Waals surface area contributed by atoms with Gasteiger partial charge < -0.3 is 19.5 Å². The molecule has 1 amide bonds. The topological polar surface area (TPSA) is 90.9 Å². The van der Waals surface area contributed by atoms with E-state index in [1.165, 1.54) is 7.11 Å². The maximum atomic E-state index is 13.2. The molecule has 0 fully saturated rings. The number of carbonyl (C=O) groups is 3. The number of hydrogen-bond donors (Lipinski definition) is 1. The van der Waals surface area contributed by atoms with Crippen molar-refractivity contribution < 1.29 is 28.6 Å². The lowest BCUT2D eigenvalue weighted by Gasteiger charge is -2.26. The monoisotopic (exact) mass is 511 g/mol. The first-order valence-electron chi connectivity index (χ1n) is 12.7. The van der Waals surface area contributed by atoms with Gasteiger partial charge in [0.1, 0.15) is 11.2 Å². The Kier molecular flexibility index (Phi) is 10.9. The molecule has 0 aliphatic carbocycles. The molecule has 7 heteroatoms. The molecule has 2 aromatic rings. The molecular weight excluding hydrogens is 470 g/mol. The summed E-state index contributed by atoms with van der Waals surface area (Å²) in [6.07, 6.45) is -0.300. The van der Waals surface area contributed by atoms with Gasteiger partial charge >= 0.3 is 11.9 Å². The summed E-state index contributed by atoms with van der Waals surface area (Å²) in [7, 11) is 1.43. The fraction of sp³-hybridized carbons (Fsp3) is 0.500. The summed E-state index contributed by atoms with van der Waals surface area (Å²) in [5.41, 5.74) is 1.87. The fourth-order valence-electron chi connectivity index (χ4n) is 3.77. The minimum absolute atomic E-state index is 0.0568. The number of methoxy groups -OCH3 is 1. The van der Waals surface area contributed by atoms with Crippen LogP contribution in [0.4, 0.5) is 0 Å². The van der Waals surface area contributed by atoms with Gasteiger partial charge in [-0.2, -0.15) is 0 Å². The van der Waals surface area contributed by atoms with Crippen molar-refractivity contribution in [2.75, 3.05) is 13.7 Å². The molecule has 7 nitrogen and oxygen atoms in total. The van der Waals surface area contributed by atoms with Crippen LogP contribution in [0.25, 0.3) is 11.1 Å². The highest BCUT2D eigenvalue weighted by molar-refractivity contribution is 5.82. The highest BCUT2D eigenvalue weighted by Crippen LogP contribution is 2.23. The molecule has 0 aliphatic heterocycles. The van der Waals surface area contributed by atoms with Crippen LogP contribution in [-0.4, -0.2) is 48.8 Å². The Hall–Kier alpha value is -3.19. The van der Waals surface area contributed by atoms with Gasteiger partial charge in [0.2, 0.25) is 5.91 Å². The van der Waals surface area contributed by atoms with Crippen LogP contribution in [-0.2, 0) is 35.0 Å². The zero-order valence-corrected chi connectivity index (χ0v) is 23.1. The number of hydrogen-bond acceptors (Lipinski definition) is 6. The number of carbonyl (C=O) groups excluding carboxylic acids is 3. The Bertz CT molecular complexity index is 1020. The van der Waals surface area contributed by atoms with Crippen LogP contribution >= 0.6 is 0 Å². The van der Waals surface area contributed by atoms with E-state index in [2.05, 4.69) is 5.32 Å². The summed E-state index contributed by atoms with van der Waals surface area (Å²) in [4.78, 5) is 37.9. The second-order valence-electron chi connectivity index (χ2n) is 11.1. The van der Waals surface area contributed by atoms with Gasteiger partial charge in [0, 0.05) is 19.6 Å². The normalized spacial score (nSPS) is 13.4. The van der Waals surface area contributed by atoms with E-state index in [4.69, 9.17) is 14.2 Å². The molecule has 1 N–H and O–H groups in total. The van der Waals surface area contributed by atoms with Crippen molar-refractivity contribution in [3.63, 3.8) is 0 Å². The molecule has 2 aromatic carbocycles. The summed E-state index contributed by atoms with van der Waals surface area (Å²) in [6, 6.07) is 18.0. The SMILES string of the molecule is CO[C@H](C[C@@H](Cc1ccc(-c2ccccc2)cc1)C(=O)NCCC(=O)OC(C)(C)C)C(=O)OC(C)(C)C. The Morgan fingerprint density at radius 3 is 1.92 bits per heavy atom. The smallest absolute Gasteiger partial charge is 0.335 e. The third-order valence-electron chi connectivity index (χ3n) is 5.42. The van der Waals surface area contributed by atoms with E-state index in [1.807, 2.05) is 54.6 Å². The number of nitrogens with one attached hydrogen (secondary N) is 1. The standard InChI is InChI=1S/C30H41NO6/c1-29(2,3)36-26(32)17-18-31-27(33)24(20-25(35-7)28(34)37-30(4,5)6)19-21-13-15-23(16-14-21)22-11-9-8-10-12-22/h8-16,24-25H,17-20H2,1-7H3,(H,31,33)/t24-,25-/m1/s1. The lowest BCUT2D eigenvalue weighted by molar-refractivity contribution is -0.168. The van der Waals surface area contributed by atoms with Gasteiger partial charge in [0.05, 0.1) is 6.42 Å². The summed E-state index contributed by atoms with van der Waals surface area (Å²) >= 11 is 0. The number of esters is 2. The average molecular weight is 512 g/mol. The fourth-order valence-corrected chi connectivity index (χ4v) is 3.77. The number of amides is 1. The Labute approximate surface area is 220 Å². The second-order valence-corrected chi connectivity index (χ2v) is 11.1. The van der Waals surface area contributed by atoms with Gasteiger partial charge in [-0.25, -0.2) is 4.79 Å². The maximum Gasteiger partial charge on any atom is 0.335 e. The number of ether oxygens (including phenoxy) is 3. The van der Waals surface area contributed by atoms with E-state index in [0.29, 0.717) is 6.42 Å². The summed E-state index contributed by atoms with van der Waals surface area (Å²) in [5.74, 6) is -1.73. The Balaban J connectivity index is 2.14.